The fourth-order valence-electron chi connectivity index (χ4n) is 2.05. The van der Waals surface area contributed by atoms with Crippen LogP contribution >= 0.6 is 0 Å². The minimum absolute atomic E-state index is 0.0856. The molecular formula is C17H14N2O4S. The maximum atomic E-state index is 12.5. The number of hydrogen-bond acceptors (Lipinski definition) is 5. The molecular weight excluding hydrogens is 328 g/mol. The molecule has 1 N–H and O–H groups in total. The molecule has 24 heavy (non-hydrogen) atoms. The van der Waals surface area contributed by atoms with Crippen molar-refractivity contribution in [1.29, 1.82) is 0 Å². The van der Waals surface area contributed by atoms with Crippen LogP contribution in [0.3, 0.4) is 0 Å². The van der Waals surface area contributed by atoms with Crippen LogP contribution in [0.1, 0.15) is 16.1 Å². The minimum atomic E-state index is -3.80. The molecule has 0 saturated carbocycles. The molecule has 0 spiro atoms. The first-order valence-electron chi connectivity index (χ1n) is 7.10. The quantitative estimate of drug-likeness (QED) is 0.787. The lowest BCUT2D eigenvalue weighted by molar-refractivity contribution is 0.0991. The van der Waals surface area contributed by atoms with Gasteiger partial charge in [-0.3, -0.25) is 9.78 Å². The normalized spacial score (nSPS) is 11.2. The number of sulfone groups is 1. The van der Waals surface area contributed by atoms with Crippen LogP contribution < -0.4 is 5.32 Å². The molecule has 0 unspecified atom stereocenters. The van der Waals surface area contributed by atoms with Gasteiger partial charge in [0.05, 0.1) is 4.90 Å². The summed E-state index contributed by atoms with van der Waals surface area (Å²) in [6.07, 6.45) is 3.07. The van der Waals surface area contributed by atoms with E-state index in [1.165, 1.54) is 36.7 Å². The Balaban J connectivity index is 1.84. The number of pyridine rings is 1. The molecule has 1 amide bonds. The zero-order chi connectivity index (χ0) is 17.2. The van der Waals surface area contributed by atoms with Gasteiger partial charge in [0.2, 0.25) is 14.9 Å². The smallest absolute Gasteiger partial charge is 0.291 e. The van der Waals surface area contributed by atoms with Gasteiger partial charge in [-0.2, -0.15) is 0 Å². The molecule has 7 heteroatoms. The van der Waals surface area contributed by atoms with E-state index in [9.17, 15) is 13.2 Å². The molecule has 0 aliphatic rings. The van der Waals surface area contributed by atoms with Gasteiger partial charge in [0.25, 0.3) is 5.91 Å². The van der Waals surface area contributed by atoms with Crippen LogP contribution in [0, 0.1) is 6.92 Å². The average Bonchev–Trinajstić information content (AvgIpc) is 3.07. The van der Waals surface area contributed by atoms with Crippen molar-refractivity contribution >= 4 is 21.4 Å². The second-order valence-corrected chi connectivity index (χ2v) is 7.01. The molecule has 122 valence electrons. The standard InChI is InChI=1S/C17H14N2O4S/c1-12-2-4-14(5-3-12)24(21,22)16-7-6-15(23-16)17(20)19-13-8-10-18-11-9-13/h2-11H,1H3,(H,18,19,20). The number of benzene rings is 1. The molecule has 2 heterocycles. The SMILES string of the molecule is Cc1ccc(S(=O)(=O)c2ccc(C(=O)Nc3ccncc3)o2)cc1. The van der Waals surface area contributed by atoms with Crippen LogP contribution in [0.5, 0.6) is 0 Å². The zero-order valence-corrected chi connectivity index (χ0v) is 13.6. The second-order valence-electron chi connectivity index (χ2n) is 5.13. The number of carbonyl (C=O) groups is 1. The van der Waals surface area contributed by atoms with Gasteiger partial charge in [0.1, 0.15) is 0 Å². The number of amides is 1. The van der Waals surface area contributed by atoms with Crippen molar-refractivity contribution in [3.63, 3.8) is 0 Å². The monoisotopic (exact) mass is 342 g/mol. The van der Waals surface area contributed by atoms with Crippen LogP contribution in [-0.4, -0.2) is 19.3 Å². The van der Waals surface area contributed by atoms with Crippen molar-refractivity contribution in [2.75, 3.05) is 5.32 Å². The molecule has 0 aliphatic heterocycles. The predicted molar refractivity (Wildman–Crippen MR) is 87.5 cm³/mol. The van der Waals surface area contributed by atoms with Crippen molar-refractivity contribution in [2.24, 2.45) is 0 Å². The van der Waals surface area contributed by atoms with Gasteiger partial charge in [0.15, 0.2) is 5.76 Å². The summed E-state index contributed by atoms with van der Waals surface area (Å²) >= 11 is 0. The summed E-state index contributed by atoms with van der Waals surface area (Å²) in [6, 6.07) is 12.2. The topological polar surface area (TPSA) is 89.3 Å². The highest BCUT2D eigenvalue weighted by atomic mass is 32.2. The van der Waals surface area contributed by atoms with Crippen molar-refractivity contribution in [2.45, 2.75) is 16.9 Å². The summed E-state index contributed by atoms with van der Waals surface area (Å²) in [4.78, 5) is 16.1. The van der Waals surface area contributed by atoms with Crippen LogP contribution in [0.25, 0.3) is 0 Å². The van der Waals surface area contributed by atoms with E-state index in [1.54, 1.807) is 24.3 Å². The third kappa shape index (κ3) is 3.21. The van der Waals surface area contributed by atoms with E-state index in [4.69, 9.17) is 4.42 Å². The molecule has 0 fully saturated rings. The van der Waals surface area contributed by atoms with Gasteiger partial charge in [-0.1, -0.05) is 17.7 Å². The summed E-state index contributed by atoms with van der Waals surface area (Å²) in [5.74, 6) is -0.621. The van der Waals surface area contributed by atoms with Gasteiger partial charge < -0.3 is 9.73 Å². The zero-order valence-electron chi connectivity index (χ0n) is 12.8. The van der Waals surface area contributed by atoms with Crippen molar-refractivity contribution in [1.82, 2.24) is 4.98 Å². The molecule has 1 aromatic carbocycles. The largest absolute Gasteiger partial charge is 0.439 e. The Hall–Kier alpha value is -2.93. The lowest BCUT2D eigenvalue weighted by Gasteiger charge is -2.03. The van der Waals surface area contributed by atoms with E-state index < -0.39 is 15.7 Å². The van der Waals surface area contributed by atoms with Crippen molar-refractivity contribution < 1.29 is 17.6 Å². The molecule has 6 nitrogen and oxygen atoms in total. The highest BCUT2D eigenvalue weighted by Gasteiger charge is 2.23. The first-order chi connectivity index (χ1) is 11.5. The number of nitrogens with one attached hydrogen (secondary N) is 1. The molecule has 3 rings (SSSR count). The number of rotatable bonds is 4. The van der Waals surface area contributed by atoms with E-state index in [-0.39, 0.29) is 15.7 Å². The molecule has 0 atom stereocenters. The van der Waals surface area contributed by atoms with E-state index >= 15 is 0 Å². The van der Waals surface area contributed by atoms with Crippen LogP contribution in [0.2, 0.25) is 0 Å². The van der Waals surface area contributed by atoms with E-state index in [2.05, 4.69) is 10.3 Å². The average molecular weight is 342 g/mol. The Morgan fingerprint density at radius 2 is 1.67 bits per heavy atom. The van der Waals surface area contributed by atoms with Crippen LogP contribution in [0.15, 0.2) is 75.3 Å². The lowest BCUT2D eigenvalue weighted by Crippen LogP contribution is -2.10. The predicted octanol–water partition coefficient (Wildman–Crippen LogP) is 3.07. The maximum Gasteiger partial charge on any atom is 0.291 e. The third-order valence-electron chi connectivity index (χ3n) is 3.34. The first kappa shape index (κ1) is 15.9. The fourth-order valence-corrected chi connectivity index (χ4v) is 3.22. The van der Waals surface area contributed by atoms with E-state index in [0.717, 1.165) is 5.56 Å². The molecule has 2 aromatic heterocycles. The minimum Gasteiger partial charge on any atom is -0.439 e. The molecule has 0 saturated heterocycles. The number of anilines is 1. The number of hydrogen-bond donors (Lipinski definition) is 1. The molecule has 0 radical (unpaired) electrons. The number of carbonyl (C=O) groups excluding carboxylic acids is 1. The molecule has 3 aromatic rings. The lowest BCUT2D eigenvalue weighted by atomic mass is 10.2. The van der Waals surface area contributed by atoms with Gasteiger partial charge in [0, 0.05) is 18.1 Å². The fraction of sp³-hybridized carbons (Fsp3) is 0.0588. The van der Waals surface area contributed by atoms with Crippen LogP contribution in [-0.2, 0) is 9.84 Å². The number of nitrogens with zero attached hydrogens (tertiary/aromatic N) is 1. The molecule has 0 bridgehead atoms. The van der Waals surface area contributed by atoms with E-state index in [1.807, 2.05) is 6.92 Å². The highest BCUT2D eigenvalue weighted by Crippen LogP contribution is 2.23. The summed E-state index contributed by atoms with van der Waals surface area (Å²) < 4.78 is 30.3. The van der Waals surface area contributed by atoms with E-state index in [0.29, 0.717) is 5.69 Å². The maximum absolute atomic E-state index is 12.5. The summed E-state index contributed by atoms with van der Waals surface area (Å²) in [7, 11) is -3.80. The third-order valence-corrected chi connectivity index (χ3v) is 4.98. The number of aromatic nitrogens is 1. The van der Waals surface area contributed by atoms with Gasteiger partial charge >= 0.3 is 0 Å². The van der Waals surface area contributed by atoms with Gasteiger partial charge in [-0.25, -0.2) is 8.42 Å². The van der Waals surface area contributed by atoms with Crippen molar-refractivity contribution in [3.8, 4) is 0 Å². The summed E-state index contributed by atoms with van der Waals surface area (Å²) in [6.45, 7) is 1.87. The van der Waals surface area contributed by atoms with Gasteiger partial charge in [-0.15, -0.1) is 0 Å². The Morgan fingerprint density at radius 3 is 2.33 bits per heavy atom. The summed E-state index contributed by atoms with van der Waals surface area (Å²) in [5.41, 5.74) is 1.49. The number of furan rings is 1. The van der Waals surface area contributed by atoms with Crippen molar-refractivity contribution in [3.05, 3.63) is 72.2 Å². The highest BCUT2D eigenvalue weighted by molar-refractivity contribution is 7.91. The molecule has 0 aliphatic carbocycles. The Labute approximate surface area is 139 Å². The second kappa shape index (κ2) is 6.29. The van der Waals surface area contributed by atoms with Gasteiger partial charge in [-0.05, 0) is 43.3 Å². The Morgan fingerprint density at radius 1 is 1.00 bits per heavy atom. The Bertz CT molecular complexity index is 961. The van der Waals surface area contributed by atoms with Crippen LogP contribution in [0.4, 0.5) is 5.69 Å². The number of aryl methyl sites for hydroxylation is 1. The Kier molecular flexibility index (Phi) is 4.18. The first-order valence-corrected chi connectivity index (χ1v) is 8.58. The summed E-state index contributed by atoms with van der Waals surface area (Å²) in [5, 5.41) is 2.33.